The lowest BCUT2D eigenvalue weighted by Crippen LogP contribution is -2.33. The molecule has 1 aromatic carbocycles. The molecule has 0 bridgehead atoms. The summed E-state index contributed by atoms with van der Waals surface area (Å²) in [6.07, 6.45) is 5.48. The van der Waals surface area contributed by atoms with Crippen LogP contribution in [0.15, 0.2) is 59.1 Å². The Hall–Kier alpha value is -3.06. The highest BCUT2D eigenvalue weighted by Gasteiger charge is 2.31. The molecule has 3 heterocycles. The van der Waals surface area contributed by atoms with E-state index in [-0.39, 0.29) is 0 Å². The Morgan fingerprint density at radius 3 is 2.71 bits per heavy atom. The predicted molar refractivity (Wildman–Crippen MR) is 92.6 cm³/mol. The summed E-state index contributed by atoms with van der Waals surface area (Å²) in [7, 11) is 1.92. The minimum atomic E-state index is 0.711. The summed E-state index contributed by atoms with van der Waals surface area (Å²) in [5.74, 6) is 5.88. The van der Waals surface area contributed by atoms with Crippen LogP contribution in [-0.2, 0) is 13.6 Å². The summed E-state index contributed by atoms with van der Waals surface area (Å²) in [5, 5.41) is 7.96. The van der Waals surface area contributed by atoms with Crippen LogP contribution in [0, 0.1) is 6.92 Å². The zero-order valence-electron chi connectivity index (χ0n) is 13.6. The van der Waals surface area contributed by atoms with Gasteiger partial charge in [0.05, 0.1) is 17.9 Å². The first-order valence-electron chi connectivity index (χ1n) is 7.74. The van der Waals surface area contributed by atoms with Crippen molar-refractivity contribution in [1.82, 2.24) is 25.2 Å². The van der Waals surface area contributed by atoms with Gasteiger partial charge in [-0.1, -0.05) is 30.3 Å². The van der Waals surface area contributed by atoms with Crippen LogP contribution in [0.3, 0.4) is 0 Å². The van der Waals surface area contributed by atoms with Crippen LogP contribution in [0.1, 0.15) is 16.8 Å². The number of nitrogens with zero attached hydrogens (tertiary/aromatic N) is 5. The molecular weight excluding hydrogens is 302 g/mol. The second-order valence-electron chi connectivity index (χ2n) is 5.92. The number of hydrogen-bond donors (Lipinski definition) is 2. The van der Waals surface area contributed by atoms with E-state index >= 15 is 0 Å². The first kappa shape index (κ1) is 14.5. The molecule has 2 aliphatic rings. The molecule has 0 unspecified atom stereocenters. The van der Waals surface area contributed by atoms with Gasteiger partial charge in [-0.15, -0.1) is 0 Å². The third kappa shape index (κ3) is 2.44. The summed E-state index contributed by atoms with van der Waals surface area (Å²) in [6, 6.07) is 10.3. The lowest BCUT2D eigenvalue weighted by molar-refractivity contribution is 0.302. The fourth-order valence-corrected chi connectivity index (χ4v) is 2.99. The maximum atomic E-state index is 5.88. The van der Waals surface area contributed by atoms with E-state index in [4.69, 9.17) is 5.84 Å². The van der Waals surface area contributed by atoms with E-state index in [1.807, 2.05) is 49.2 Å². The molecule has 7 nitrogen and oxygen atoms in total. The van der Waals surface area contributed by atoms with Crippen LogP contribution in [0.4, 0.5) is 0 Å². The molecule has 122 valence electrons. The SMILES string of the molecule is Cc1nn(C)cc1C1=C2N=CN(N)C=C2N(Cc2ccccc2)N1. The van der Waals surface area contributed by atoms with Gasteiger partial charge in [-0.25, -0.2) is 10.8 Å². The summed E-state index contributed by atoms with van der Waals surface area (Å²) < 4.78 is 1.81. The molecule has 24 heavy (non-hydrogen) atoms. The standard InChI is InChI=1S/C17H19N7/c1-12-14(9-22(2)20-12)16-17-15(10-23(18)11-19-17)24(21-16)8-13-6-4-3-5-7-13/h3-7,9-11,21H,8,18H2,1-2H3. The van der Waals surface area contributed by atoms with Crippen molar-refractivity contribution in [1.29, 1.82) is 0 Å². The third-order valence-electron chi connectivity index (χ3n) is 4.07. The molecule has 0 radical (unpaired) electrons. The van der Waals surface area contributed by atoms with E-state index in [1.54, 1.807) is 6.34 Å². The van der Waals surface area contributed by atoms with Gasteiger partial charge in [0, 0.05) is 25.0 Å². The Balaban J connectivity index is 1.73. The maximum Gasteiger partial charge on any atom is 0.117 e. The van der Waals surface area contributed by atoms with Crippen molar-refractivity contribution in [2.45, 2.75) is 13.5 Å². The molecule has 3 N–H and O–H groups in total. The minimum Gasteiger partial charge on any atom is -0.295 e. The lowest BCUT2D eigenvalue weighted by Gasteiger charge is -2.24. The monoisotopic (exact) mass is 321 g/mol. The molecule has 0 fully saturated rings. The number of hydrogen-bond acceptors (Lipinski definition) is 6. The van der Waals surface area contributed by atoms with Gasteiger partial charge < -0.3 is 0 Å². The van der Waals surface area contributed by atoms with Gasteiger partial charge in [-0.05, 0) is 12.5 Å². The normalized spacial score (nSPS) is 16.4. The molecule has 0 saturated carbocycles. The van der Waals surface area contributed by atoms with Crippen LogP contribution in [-0.4, -0.2) is 26.1 Å². The van der Waals surface area contributed by atoms with Crippen molar-refractivity contribution in [2.24, 2.45) is 17.9 Å². The number of fused-ring (bicyclic) bond motifs is 1. The van der Waals surface area contributed by atoms with E-state index in [0.29, 0.717) is 6.54 Å². The largest absolute Gasteiger partial charge is 0.295 e. The van der Waals surface area contributed by atoms with Crippen LogP contribution in [0.5, 0.6) is 0 Å². The van der Waals surface area contributed by atoms with Crippen LogP contribution >= 0.6 is 0 Å². The van der Waals surface area contributed by atoms with E-state index < -0.39 is 0 Å². The average Bonchev–Trinajstić information content (AvgIpc) is 3.08. The van der Waals surface area contributed by atoms with Crippen molar-refractivity contribution in [3.8, 4) is 0 Å². The van der Waals surface area contributed by atoms with E-state index in [9.17, 15) is 0 Å². The Morgan fingerprint density at radius 2 is 2.00 bits per heavy atom. The molecule has 4 rings (SSSR count). The molecule has 0 amide bonds. The number of aromatic nitrogens is 2. The van der Waals surface area contributed by atoms with E-state index in [0.717, 1.165) is 28.3 Å². The number of aliphatic imine (C=N–C) groups is 1. The zero-order chi connectivity index (χ0) is 16.7. The fourth-order valence-electron chi connectivity index (χ4n) is 2.99. The molecule has 0 spiro atoms. The Labute approximate surface area is 140 Å². The van der Waals surface area contributed by atoms with Gasteiger partial charge >= 0.3 is 0 Å². The number of nitrogens with two attached hydrogens (primary N) is 1. The molecule has 7 heteroatoms. The molecule has 1 aromatic heterocycles. The van der Waals surface area contributed by atoms with Gasteiger partial charge in [-0.3, -0.25) is 20.1 Å². The first-order valence-corrected chi connectivity index (χ1v) is 7.74. The van der Waals surface area contributed by atoms with Crippen molar-refractivity contribution in [3.63, 3.8) is 0 Å². The second kappa shape index (κ2) is 5.54. The number of benzene rings is 1. The van der Waals surface area contributed by atoms with E-state index in [1.165, 1.54) is 10.6 Å². The van der Waals surface area contributed by atoms with Crippen molar-refractivity contribution in [2.75, 3.05) is 0 Å². The predicted octanol–water partition coefficient (Wildman–Crippen LogP) is 1.48. The summed E-state index contributed by atoms with van der Waals surface area (Å²) in [5.41, 5.74) is 9.44. The highest BCUT2D eigenvalue weighted by atomic mass is 15.6. The van der Waals surface area contributed by atoms with Gasteiger partial charge in [0.25, 0.3) is 0 Å². The Bertz CT molecular complexity index is 860. The molecule has 0 aliphatic carbocycles. The van der Waals surface area contributed by atoms with Gasteiger partial charge in [0.2, 0.25) is 0 Å². The quantitative estimate of drug-likeness (QED) is 0.838. The maximum absolute atomic E-state index is 5.88. The fraction of sp³-hybridized carbons (Fsp3) is 0.176. The molecule has 0 saturated heterocycles. The van der Waals surface area contributed by atoms with Crippen LogP contribution < -0.4 is 11.3 Å². The summed E-state index contributed by atoms with van der Waals surface area (Å²) >= 11 is 0. The summed E-state index contributed by atoms with van der Waals surface area (Å²) in [6.45, 7) is 2.71. The number of nitrogens with one attached hydrogen (secondary N) is 1. The second-order valence-corrected chi connectivity index (χ2v) is 5.92. The van der Waals surface area contributed by atoms with E-state index in [2.05, 4.69) is 32.7 Å². The zero-order valence-corrected chi connectivity index (χ0v) is 13.6. The molecular formula is C17H19N7. The Kier molecular flexibility index (Phi) is 3.35. The topological polar surface area (TPSA) is 74.7 Å². The van der Waals surface area contributed by atoms with Crippen molar-refractivity contribution < 1.29 is 0 Å². The number of rotatable bonds is 3. The highest BCUT2D eigenvalue weighted by molar-refractivity contribution is 5.78. The molecule has 2 aliphatic heterocycles. The molecule has 0 atom stereocenters. The number of hydrazine groups is 2. The van der Waals surface area contributed by atoms with Gasteiger partial charge in [-0.2, -0.15) is 5.10 Å². The minimum absolute atomic E-state index is 0.711. The highest BCUT2D eigenvalue weighted by Crippen LogP contribution is 2.34. The van der Waals surface area contributed by atoms with Gasteiger partial charge in [0.15, 0.2) is 0 Å². The third-order valence-corrected chi connectivity index (χ3v) is 4.07. The Morgan fingerprint density at radius 1 is 1.21 bits per heavy atom. The van der Waals surface area contributed by atoms with Gasteiger partial charge in [0.1, 0.15) is 17.7 Å². The average molecular weight is 321 g/mol. The van der Waals surface area contributed by atoms with Crippen LogP contribution in [0.2, 0.25) is 0 Å². The number of aryl methyl sites for hydroxylation is 2. The molecule has 2 aromatic rings. The smallest absolute Gasteiger partial charge is 0.117 e. The lowest BCUT2D eigenvalue weighted by atomic mass is 10.1. The van der Waals surface area contributed by atoms with Crippen LogP contribution in [0.25, 0.3) is 5.70 Å². The van der Waals surface area contributed by atoms with Crippen molar-refractivity contribution >= 4 is 12.0 Å². The van der Waals surface area contributed by atoms with Crippen molar-refractivity contribution in [3.05, 3.63) is 70.9 Å². The summed E-state index contributed by atoms with van der Waals surface area (Å²) in [4.78, 5) is 4.52. The first-order chi connectivity index (χ1) is 11.6.